The molecule has 1 heterocycles. The Bertz CT molecular complexity index is 832. The predicted octanol–water partition coefficient (Wildman–Crippen LogP) is 4.40. The summed E-state index contributed by atoms with van der Waals surface area (Å²) in [6.07, 6.45) is 3.93. The fraction of sp³-hybridized carbons (Fsp3) is 0.458. The first kappa shape index (κ1) is 22.0. The van der Waals surface area contributed by atoms with Gasteiger partial charge in [0.15, 0.2) is 5.96 Å². The zero-order valence-electron chi connectivity index (χ0n) is 18.2. The fourth-order valence-corrected chi connectivity index (χ4v) is 3.72. The van der Waals surface area contributed by atoms with E-state index in [2.05, 4.69) is 39.5 Å². The van der Waals surface area contributed by atoms with Crippen molar-refractivity contribution < 1.29 is 9.47 Å². The van der Waals surface area contributed by atoms with Gasteiger partial charge in [-0.1, -0.05) is 30.7 Å². The number of piperidine rings is 1. The van der Waals surface area contributed by atoms with Crippen LogP contribution in [0.3, 0.4) is 0 Å². The van der Waals surface area contributed by atoms with E-state index in [1.54, 1.807) is 0 Å². The van der Waals surface area contributed by atoms with Gasteiger partial charge in [-0.15, -0.1) is 0 Å². The van der Waals surface area contributed by atoms with Gasteiger partial charge >= 0.3 is 0 Å². The number of hydrogen-bond acceptors (Lipinski definition) is 4. The predicted molar refractivity (Wildman–Crippen MR) is 123 cm³/mol. The maximum Gasteiger partial charge on any atom is 0.193 e. The third kappa shape index (κ3) is 6.39. The SMILES string of the molecule is CCOc1ccc(OCC)c(NC(N)=NCc2ccccc2CN2CCCCC2)c1. The van der Waals surface area contributed by atoms with Crippen LogP contribution in [0.4, 0.5) is 5.69 Å². The zero-order valence-corrected chi connectivity index (χ0v) is 18.2. The molecule has 0 aromatic heterocycles. The van der Waals surface area contributed by atoms with Crippen LogP contribution in [0.15, 0.2) is 47.5 Å². The Labute approximate surface area is 180 Å². The van der Waals surface area contributed by atoms with Gasteiger partial charge in [-0.05, 0) is 63.0 Å². The first-order chi connectivity index (χ1) is 14.7. The van der Waals surface area contributed by atoms with Crippen molar-refractivity contribution in [2.75, 3.05) is 31.6 Å². The van der Waals surface area contributed by atoms with E-state index in [1.807, 2.05) is 32.0 Å². The van der Waals surface area contributed by atoms with Gasteiger partial charge in [0, 0.05) is 12.6 Å². The van der Waals surface area contributed by atoms with Gasteiger partial charge in [0.2, 0.25) is 0 Å². The third-order valence-corrected chi connectivity index (χ3v) is 5.21. The monoisotopic (exact) mass is 410 g/mol. The van der Waals surface area contributed by atoms with Crippen LogP contribution < -0.4 is 20.5 Å². The minimum atomic E-state index is 0.359. The smallest absolute Gasteiger partial charge is 0.193 e. The fourth-order valence-electron chi connectivity index (χ4n) is 3.72. The van der Waals surface area contributed by atoms with Crippen molar-refractivity contribution in [3.05, 3.63) is 53.6 Å². The summed E-state index contributed by atoms with van der Waals surface area (Å²) < 4.78 is 11.3. The van der Waals surface area contributed by atoms with Crippen LogP contribution in [0, 0.1) is 0 Å². The van der Waals surface area contributed by atoms with Gasteiger partial charge in [0.05, 0.1) is 25.4 Å². The lowest BCUT2D eigenvalue weighted by atomic mass is 10.1. The molecular weight excluding hydrogens is 376 g/mol. The second-order valence-electron chi connectivity index (χ2n) is 7.46. The molecule has 0 bridgehead atoms. The number of nitrogens with zero attached hydrogens (tertiary/aromatic N) is 2. The number of nitrogens with one attached hydrogen (secondary N) is 1. The Morgan fingerprint density at radius 3 is 2.47 bits per heavy atom. The van der Waals surface area contributed by atoms with Crippen molar-refractivity contribution in [2.45, 2.75) is 46.2 Å². The molecule has 6 heteroatoms. The second-order valence-corrected chi connectivity index (χ2v) is 7.46. The Balaban J connectivity index is 1.69. The molecule has 162 valence electrons. The lowest BCUT2D eigenvalue weighted by Gasteiger charge is -2.27. The molecule has 3 N–H and O–H groups in total. The molecule has 0 saturated carbocycles. The maximum atomic E-state index is 6.21. The number of benzene rings is 2. The molecule has 1 fully saturated rings. The van der Waals surface area contributed by atoms with Gasteiger partial charge in [-0.2, -0.15) is 0 Å². The summed E-state index contributed by atoms with van der Waals surface area (Å²) in [4.78, 5) is 7.12. The molecule has 0 spiro atoms. The number of likely N-dealkylation sites (tertiary alicyclic amines) is 1. The molecule has 0 unspecified atom stereocenters. The molecule has 1 aliphatic heterocycles. The number of nitrogens with two attached hydrogens (primary N) is 1. The number of guanidine groups is 1. The lowest BCUT2D eigenvalue weighted by Crippen LogP contribution is -2.29. The molecule has 0 amide bonds. The highest BCUT2D eigenvalue weighted by molar-refractivity contribution is 5.94. The van der Waals surface area contributed by atoms with Crippen LogP contribution in [0.25, 0.3) is 0 Å². The van der Waals surface area contributed by atoms with Crippen LogP contribution in [0.1, 0.15) is 44.2 Å². The number of rotatable bonds is 9. The molecule has 0 radical (unpaired) electrons. The van der Waals surface area contributed by atoms with Crippen molar-refractivity contribution in [2.24, 2.45) is 10.7 Å². The van der Waals surface area contributed by atoms with E-state index in [1.165, 1.54) is 43.5 Å². The van der Waals surface area contributed by atoms with Crippen LogP contribution >= 0.6 is 0 Å². The zero-order chi connectivity index (χ0) is 21.2. The Morgan fingerprint density at radius 1 is 1.00 bits per heavy atom. The van der Waals surface area contributed by atoms with Crippen LogP contribution in [0.5, 0.6) is 11.5 Å². The van der Waals surface area contributed by atoms with E-state index in [4.69, 9.17) is 15.2 Å². The van der Waals surface area contributed by atoms with Crippen molar-refractivity contribution in [1.29, 1.82) is 0 Å². The summed E-state index contributed by atoms with van der Waals surface area (Å²) in [5.41, 5.74) is 9.50. The standard InChI is InChI=1S/C24H34N4O2/c1-3-29-21-12-13-23(30-4-2)22(16-21)27-24(25)26-17-19-10-6-7-11-20(19)18-28-14-8-5-9-15-28/h6-7,10-13,16H,3-5,8-9,14-15,17-18H2,1-2H3,(H3,25,26,27). The summed E-state index contributed by atoms with van der Waals surface area (Å²) in [5, 5.41) is 3.18. The Morgan fingerprint density at radius 2 is 1.73 bits per heavy atom. The van der Waals surface area contributed by atoms with Gasteiger partial charge in [0.25, 0.3) is 0 Å². The number of hydrogen-bond donors (Lipinski definition) is 2. The first-order valence-corrected chi connectivity index (χ1v) is 10.9. The number of ether oxygens (including phenoxy) is 2. The van der Waals surface area contributed by atoms with E-state index in [-0.39, 0.29) is 0 Å². The summed E-state index contributed by atoms with van der Waals surface area (Å²) in [5.74, 6) is 1.85. The second kappa shape index (κ2) is 11.5. The highest BCUT2D eigenvalue weighted by Gasteiger charge is 2.12. The quantitative estimate of drug-likeness (QED) is 0.474. The topological polar surface area (TPSA) is 72.1 Å². The Kier molecular flexibility index (Phi) is 8.39. The van der Waals surface area contributed by atoms with Gasteiger partial charge < -0.3 is 20.5 Å². The summed E-state index contributed by atoms with van der Waals surface area (Å²) in [7, 11) is 0. The average molecular weight is 411 g/mol. The Hall–Kier alpha value is -2.73. The summed E-state index contributed by atoms with van der Waals surface area (Å²) in [6, 6.07) is 14.2. The molecule has 2 aromatic rings. The van der Waals surface area contributed by atoms with Crippen LogP contribution in [-0.4, -0.2) is 37.2 Å². The van der Waals surface area contributed by atoms with Crippen LogP contribution in [-0.2, 0) is 13.1 Å². The molecule has 0 atom stereocenters. The van der Waals surface area contributed by atoms with Gasteiger partial charge in [-0.3, -0.25) is 4.90 Å². The molecule has 1 aliphatic rings. The van der Waals surface area contributed by atoms with E-state index in [0.29, 0.717) is 25.7 Å². The third-order valence-electron chi connectivity index (χ3n) is 5.21. The van der Waals surface area contributed by atoms with E-state index in [9.17, 15) is 0 Å². The maximum absolute atomic E-state index is 6.21. The first-order valence-electron chi connectivity index (χ1n) is 10.9. The number of aliphatic imine (C=N–C) groups is 1. The van der Waals surface area contributed by atoms with E-state index >= 15 is 0 Å². The summed E-state index contributed by atoms with van der Waals surface area (Å²) in [6.45, 7) is 8.96. The molecule has 3 rings (SSSR count). The number of anilines is 1. The minimum absolute atomic E-state index is 0.359. The minimum Gasteiger partial charge on any atom is -0.494 e. The van der Waals surface area contributed by atoms with Crippen molar-refractivity contribution in [3.63, 3.8) is 0 Å². The van der Waals surface area contributed by atoms with E-state index < -0.39 is 0 Å². The van der Waals surface area contributed by atoms with Crippen LogP contribution in [0.2, 0.25) is 0 Å². The largest absolute Gasteiger partial charge is 0.494 e. The lowest BCUT2D eigenvalue weighted by molar-refractivity contribution is 0.220. The van der Waals surface area contributed by atoms with E-state index in [0.717, 1.165) is 23.7 Å². The molecule has 1 saturated heterocycles. The normalized spacial score (nSPS) is 15.1. The van der Waals surface area contributed by atoms with Crippen molar-refractivity contribution >= 4 is 11.6 Å². The average Bonchev–Trinajstić information content (AvgIpc) is 2.76. The molecular formula is C24H34N4O2. The van der Waals surface area contributed by atoms with Crippen molar-refractivity contribution in [1.82, 2.24) is 4.90 Å². The molecule has 0 aliphatic carbocycles. The van der Waals surface area contributed by atoms with Gasteiger partial charge in [0.1, 0.15) is 11.5 Å². The molecule has 6 nitrogen and oxygen atoms in total. The van der Waals surface area contributed by atoms with Gasteiger partial charge in [-0.25, -0.2) is 4.99 Å². The molecule has 2 aromatic carbocycles. The van der Waals surface area contributed by atoms with Crippen molar-refractivity contribution in [3.8, 4) is 11.5 Å². The highest BCUT2D eigenvalue weighted by atomic mass is 16.5. The molecule has 30 heavy (non-hydrogen) atoms. The summed E-state index contributed by atoms with van der Waals surface area (Å²) >= 11 is 0. The highest BCUT2D eigenvalue weighted by Crippen LogP contribution is 2.29.